The molecule has 0 unspecified atom stereocenters. The van der Waals surface area contributed by atoms with Gasteiger partial charge in [-0.2, -0.15) is 0 Å². The summed E-state index contributed by atoms with van der Waals surface area (Å²) in [4.78, 5) is 0. The van der Waals surface area contributed by atoms with Gasteiger partial charge in [0, 0.05) is 12.8 Å². The zero-order valence-electron chi connectivity index (χ0n) is 9.26. The molecule has 2 rings (SSSR count). The minimum Gasteiger partial charge on any atom is -0.351 e. The Morgan fingerprint density at radius 3 is 2.62 bits per heavy atom. The molecular weight excluding hydrogens is 220 g/mol. The van der Waals surface area contributed by atoms with Gasteiger partial charge in [0.25, 0.3) is 0 Å². The van der Waals surface area contributed by atoms with Crippen molar-refractivity contribution in [2.24, 2.45) is 7.05 Å². The van der Waals surface area contributed by atoms with Crippen LogP contribution in [0.25, 0.3) is 0 Å². The van der Waals surface area contributed by atoms with Gasteiger partial charge in [0.05, 0.1) is 0 Å². The molecule has 84 valence electrons. The molecule has 1 aromatic heterocycles. The van der Waals surface area contributed by atoms with Crippen molar-refractivity contribution in [1.82, 2.24) is 14.8 Å². The van der Waals surface area contributed by atoms with E-state index in [0.717, 1.165) is 16.7 Å². The van der Waals surface area contributed by atoms with Gasteiger partial charge in [0.2, 0.25) is 0 Å². The molecule has 0 atom stereocenters. The standard InChI is InChI=1S/C11H14N4S/c1-15-10(7-12)13-14-11(15)16-8-9-5-3-2-4-6-9/h2-6H,7-8,12H2,1H3/p+1. The van der Waals surface area contributed by atoms with Crippen molar-refractivity contribution in [3.8, 4) is 0 Å². The number of hydrogen-bond donors (Lipinski definition) is 1. The zero-order chi connectivity index (χ0) is 11.4. The lowest BCUT2D eigenvalue weighted by Gasteiger charge is -2.01. The summed E-state index contributed by atoms with van der Waals surface area (Å²) in [5.41, 5.74) is 5.11. The summed E-state index contributed by atoms with van der Waals surface area (Å²) < 4.78 is 2.00. The molecule has 0 aliphatic heterocycles. The molecular formula is C11H15N4S+. The third-order valence-electron chi connectivity index (χ3n) is 2.36. The normalized spacial score (nSPS) is 10.6. The van der Waals surface area contributed by atoms with E-state index in [1.54, 1.807) is 11.8 Å². The van der Waals surface area contributed by atoms with E-state index in [1.807, 2.05) is 29.8 Å². The van der Waals surface area contributed by atoms with Crippen molar-refractivity contribution in [2.75, 3.05) is 0 Å². The van der Waals surface area contributed by atoms with E-state index in [4.69, 9.17) is 0 Å². The van der Waals surface area contributed by atoms with E-state index in [1.165, 1.54) is 5.56 Å². The molecule has 0 spiro atoms. The molecule has 5 heteroatoms. The Hall–Kier alpha value is -1.33. The monoisotopic (exact) mass is 235 g/mol. The average Bonchev–Trinajstić information content (AvgIpc) is 2.69. The van der Waals surface area contributed by atoms with Crippen molar-refractivity contribution in [3.63, 3.8) is 0 Å². The van der Waals surface area contributed by atoms with E-state index in [9.17, 15) is 0 Å². The number of quaternary nitrogens is 1. The van der Waals surface area contributed by atoms with Gasteiger partial charge in [-0.3, -0.25) is 0 Å². The summed E-state index contributed by atoms with van der Waals surface area (Å²) in [6.07, 6.45) is 0. The lowest BCUT2D eigenvalue weighted by atomic mass is 10.2. The van der Waals surface area contributed by atoms with Crippen LogP contribution in [0, 0.1) is 0 Å². The Morgan fingerprint density at radius 2 is 2.00 bits per heavy atom. The van der Waals surface area contributed by atoms with Gasteiger partial charge in [-0.1, -0.05) is 42.1 Å². The summed E-state index contributed by atoms with van der Waals surface area (Å²) in [6.45, 7) is 0.676. The number of nitrogens with zero attached hydrogens (tertiary/aromatic N) is 3. The SMILES string of the molecule is Cn1c(C[NH3+])nnc1SCc1ccccc1. The van der Waals surface area contributed by atoms with Crippen LogP contribution in [0.4, 0.5) is 0 Å². The van der Waals surface area contributed by atoms with Crippen molar-refractivity contribution in [3.05, 3.63) is 41.7 Å². The van der Waals surface area contributed by atoms with E-state index in [2.05, 4.69) is 28.1 Å². The lowest BCUT2D eigenvalue weighted by Crippen LogP contribution is -2.48. The Labute approximate surface area is 98.9 Å². The summed E-state index contributed by atoms with van der Waals surface area (Å²) >= 11 is 1.70. The van der Waals surface area contributed by atoms with Gasteiger partial charge in [-0.25, -0.2) is 0 Å². The summed E-state index contributed by atoms with van der Waals surface area (Å²) in [5.74, 6) is 1.85. The Morgan fingerprint density at radius 1 is 1.25 bits per heavy atom. The number of hydrogen-bond acceptors (Lipinski definition) is 3. The molecule has 3 N–H and O–H groups in total. The number of thioether (sulfide) groups is 1. The predicted octanol–water partition coefficient (Wildman–Crippen LogP) is 0.849. The lowest BCUT2D eigenvalue weighted by molar-refractivity contribution is -0.388. The predicted molar refractivity (Wildman–Crippen MR) is 63.6 cm³/mol. The molecule has 0 amide bonds. The Bertz CT molecular complexity index is 452. The Kier molecular flexibility index (Phi) is 3.58. The minimum absolute atomic E-state index is 0.676. The summed E-state index contributed by atoms with van der Waals surface area (Å²) in [6, 6.07) is 10.4. The van der Waals surface area contributed by atoms with E-state index >= 15 is 0 Å². The summed E-state index contributed by atoms with van der Waals surface area (Å²) in [5, 5.41) is 9.16. The van der Waals surface area contributed by atoms with Gasteiger partial charge in [-0.15, -0.1) is 10.2 Å². The molecule has 1 aromatic carbocycles. The highest BCUT2D eigenvalue weighted by atomic mass is 32.2. The first-order valence-corrected chi connectivity index (χ1v) is 6.14. The highest BCUT2D eigenvalue weighted by Crippen LogP contribution is 2.20. The second-order valence-corrected chi connectivity index (χ2v) is 4.42. The van der Waals surface area contributed by atoms with Crippen LogP contribution < -0.4 is 5.73 Å². The molecule has 0 aliphatic carbocycles. The fraction of sp³-hybridized carbons (Fsp3) is 0.273. The molecule has 0 bridgehead atoms. The van der Waals surface area contributed by atoms with E-state index in [-0.39, 0.29) is 0 Å². The maximum atomic E-state index is 4.14. The number of rotatable bonds is 4. The van der Waals surface area contributed by atoms with Crippen molar-refractivity contribution < 1.29 is 5.73 Å². The first kappa shape index (κ1) is 11.2. The quantitative estimate of drug-likeness (QED) is 0.799. The Balaban J connectivity index is 2.02. The second-order valence-electron chi connectivity index (χ2n) is 3.48. The first-order chi connectivity index (χ1) is 7.81. The van der Waals surface area contributed by atoms with Gasteiger partial charge >= 0.3 is 0 Å². The highest BCUT2D eigenvalue weighted by molar-refractivity contribution is 7.98. The average molecular weight is 235 g/mol. The molecule has 0 fully saturated rings. The fourth-order valence-corrected chi connectivity index (χ4v) is 2.30. The largest absolute Gasteiger partial charge is 0.351 e. The molecule has 4 nitrogen and oxygen atoms in total. The minimum atomic E-state index is 0.676. The number of aromatic nitrogens is 3. The molecule has 2 aromatic rings. The van der Waals surface area contributed by atoms with Crippen LogP contribution >= 0.6 is 11.8 Å². The highest BCUT2D eigenvalue weighted by Gasteiger charge is 2.08. The maximum Gasteiger partial charge on any atom is 0.191 e. The smallest absolute Gasteiger partial charge is 0.191 e. The van der Waals surface area contributed by atoms with Gasteiger partial charge in [-0.05, 0) is 5.56 Å². The second kappa shape index (κ2) is 5.14. The summed E-state index contributed by atoms with van der Waals surface area (Å²) in [7, 11) is 1.98. The van der Waals surface area contributed by atoms with E-state index < -0.39 is 0 Å². The van der Waals surface area contributed by atoms with Crippen LogP contribution in [-0.2, 0) is 19.3 Å². The number of benzene rings is 1. The topological polar surface area (TPSA) is 58.4 Å². The maximum absolute atomic E-state index is 4.14. The van der Waals surface area contributed by atoms with Gasteiger partial charge in [0.1, 0.15) is 6.54 Å². The molecule has 1 heterocycles. The van der Waals surface area contributed by atoms with Crippen molar-refractivity contribution in [2.45, 2.75) is 17.5 Å². The van der Waals surface area contributed by atoms with Crippen LogP contribution in [-0.4, -0.2) is 14.8 Å². The van der Waals surface area contributed by atoms with Gasteiger partial charge in [0.15, 0.2) is 11.0 Å². The van der Waals surface area contributed by atoms with Crippen LogP contribution in [0.2, 0.25) is 0 Å². The third-order valence-corrected chi connectivity index (χ3v) is 3.45. The first-order valence-electron chi connectivity index (χ1n) is 5.15. The molecule has 16 heavy (non-hydrogen) atoms. The molecule has 0 radical (unpaired) electrons. The van der Waals surface area contributed by atoms with E-state index in [0.29, 0.717) is 6.54 Å². The van der Waals surface area contributed by atoms with Crippen LogP contribution in [0.15, 0.2) is 35.5 Å². The molecule has 0 saturated heterocycles. The van der Waals surface area contributed by atoms with Gasteiger partial charge < -0.3 is 10.3 Å². The van der Waals surface area contributed by atoms with Crippen LogP contribution in [0.3, 0.4) is 0 Å². The van der Waals surface area contributed by atoms with Crippen molar-refractivity contribution >= 4 is 11.8 Å². The third kappa shape index (κ3) is 2.43. The zero-order valence-corrected chi connectivity index (χ0v) is 10.1. The van der Waals surface area contributed by atoms with Crippen LogP contribution in [0.1, 0.15) is 11.4 Å². The van der Waals surface area contributed by atoms with Crippen LogP contribution in [0.5, 0.6) is 0 Å². The fourth-order valence-electron chi connectivity index (χ4n) is 1.41. The molecule has 0 saturated carbocycles. The van der Waals surface area contributed by atoms with Crippen molar-refractivity contribution in [1.29, 1.82) is 0 Å². The molecule has 0 aliphatic rings.